The van der Waals surface area contributed by atoms with Crippen LogP contribution in [0.25, 0.3) is 0 Å². The Bertz CT molecular complexity index is 782. The smallest absolute Gasteiger partial charge is 0.272 e. The first kappa shape index (κ1) is 18.7. The van der Waals surface area contributed by atoms with Gasteiger partial charge in [0.05, 0.1) is 0 Å². The Hall–Kier alpha value is -2.67. The molecular weight excluding hydrogens is 352 g/mol. The Morgan fingerprint density at radius 2 is 1.57 bits per heavy atom. The molecule has 0 atom stereocenters. The van der Waals surface area contributed by atoms with Gasteiger partial charge in [-0.3, -0.25) is 4.79 Å². The monoisotopic (exact) mass is 380 g/mol. The zero-order valence-corrected chi connectivity index (χ0v) is 16.5. The average Bonchev–Trinajstić information content (AvgIpc) is 2.79. The predicted octanol–water partition coefficient (Wildman–Crippen LogP) is 1.58. The number of carbonyl (C=O) groups is 1. The Kier molecular flexibility index (Phi) is 5.71. The third kappa shape index (κ3) is 4.09. The molecule has 4 rings (SSSR count). The fraction of sp³-hybridized carbons (Fsp3) is 0.476. The predicted molar refractivity (Wildman–Crippen MR) is 111 cm³/mol. The molecule has 0 unspecified atom stereocenters. The van der Waals surface area contributed by atoms with E-state index in [-0.39, 0.29) is 5.91 Å². The van der Waals surface area contributed by atoms with Crippen molar-refractivity contribution in [2.75, 3.05) is 68.7 Å². The Labute approximate surface area is 166 Å². The Balaban J connectivity index is 1.38. The van der Waals surface area contributed by atoms with Gasteiger partial charge in [0.2, 0.25) is 0 Å². The molecule has 1 aromatic carbocycles. The van der Waals surface area contributed by atoms with Gasteiger partial charge in [-0.2, -0.15) is 0 Å². The highest BCUT2D eigenvalue weighted by atomic mass is 16.2. The van der Waals surface area contributed by atoms with Crippen LogP contribution in [-0.2, 0) is 0 Å². The molecule has 0 saturated carbocycles. The molecule has 2 aliphatic heterocycles. The van der Waals surface area contributed by atoms with Gasteiger partial charge >= 0.3 is 0 Å². The summed E-state index contributed by atoms with van der Waals surface area (Å²) in [7, 11) is 0. The lowest BCUT2D eigenvalue weighted by atomic mass is 10.2. The maximum absolute atomic E-state index is 12.9. The van der Waals surface area contributed by atoms with Crippen molar-refractivity contribution in [2.45, 2.75) is 6.92 Å². The van der Waals surface area contributed by atoms with E-state index in [9.17, 15) is 4.79 Å². The first-order valence-electron chi connectivity index (χ1n) is 10.1. The van der Waals surface area contributed by atoms with Gasteiger partial charge in [-0.05, 0) is 18.7 Å². The van der Waals surface area contributed by atoms with Gasteiger partial charge in [-0.1, -0.05) is 25.1 Å². The first-order chi connectivity index (χ1) is 13.7. The summed E-state index contributed by atoms with van der Waals surface area (Å²) >= 11 is 0. The molecule has 3 heterocycles. The molecule has 0 aliphatic carbocycles. The maximum Gasteiger partial charge on any atom is 0.272 e. The Morgan fingerprint density at radius 3 is 2.25 bits per heavy atom. The second-order valence-corrected chi connectivity index (χ2v) is 7.30. The first-order valence-corrected chi connectivity index (χ1v) is 10.1. The normalized spacial score (nSPS) is 18.4. The summed E-state index contributed by atoms with van der Waals surface area (Å²) in [5.41, 5.74) is 1.76. The van der Waals surface area contributed by atoms with E-state index in [2.05, 4.69) is 55.9 Å². The standard InChI is InChI=1S/C21H28N6O/c1-2-24-8-10-27(11-9-24)21(28)19-16-20(23-17-22-19)26-14-12-25(13-15-26)18-6-4-3-5-7-18/h3-7,16-17H,2,8-15H2,1H3. The van der Waals surface area contributed by atoms with E-state index >= 15 is 0 Å². The summed E-state index contributed by atoms with van der Waals surface area (Å²) in [4.78, 5) is 30.4. The lowest BCUT2D eigenvalue weighted by molar-refractivity contribution is 0.0637. The number of nitrogens with zero attached hydrogens (tertiary/aromatic N) is 6. The summed E-state index contributed by atoms with van der Waals surface area (Å²) in [5.74, 6) is 0.862. The molecule has 1 aromatic heterocycles. The molecule has 2 fully saturated rings. The second-order valence-electron chi connectivity index (χ2n) is 7.30. The van der Waals surface area contributed by atoms with Crippen molar-refractivity contribution in [3.63, 3.8) is 0 Å². The van der Waals surface area contributed by atoms with E-state index in [0.29, 0.717) is 5.69 Å². The van der Waals surface area contributed by atoms with Crippen LogP contribution < -0.4 is 9.80 Å². The van der Waals surface area contributed by atoms with Gasteiger partial charge in [0.15, 0.2) is 0 Å². The van der Waals surface area contributed by atoms with Gasteiger partial charge < -0.3 is 19.6 Å². The number of piperazine rings is 2. The number of anilines is 2. The van der Waals surface area contributed by atoms with Gasteiger partial charge in [0.1, 0.15) is 17.8 Å². The molecule has 2 aromatic rings. The third-order valence-corrected chi connectivity index (χ3v) is 5.70. The number of hydrogen-bond donors (Lipinski definition) is 0. The van der Waals surface area contributed by atoms with Crippen LogP contribution in [0.15, 0.2) is 42.7 Å². The van der Waals surface area contributed by atoms with Crippen molar-refractivity contribution in [2.24, 2.45) is 0 Å². The summed E-state index contributed by atoms with van der Waals surface area (Å²) in [6.45, 7) is 10.2. The summed E-state index contributed by atoms with van der Waals surface area (Å²) in [5, 5.41) is 0. The highest BCUT2D eigenvalue weighted by molar-refractivity contribution is 5.93. The number of hydrogen-bond acceptors (Lipinski definition) is 6. The molecule has 7 nitrogen and oxygen atoms in total. The number of likely N-dealkylation sites (N-methyl/N-ethyl adjacent to an activating group) is 1. The minimum atomic E-state index is 0.0160. The van der Waals surface area contributed by atoms with Crippen molar-refractivity contribution in [1.82, 2.24) is 19.8 Å². The van der Waals surface area contributed by atoms with Crippen LogP contribution >= 0.6 is 0 Å². The van der Waals surface area contributed by atoms with Crippen LogP contribution in [0.5, 0.6) is 0 Å². The number of para-hydroxylation sites is 1. The van der Waals surface area contributed by atoms with E-state index in [1.807, 2.05) is 17.0 Å². The van der Waals surface area contributed by atoms with Crippen molar-refractivity contribution in [3.05, 3.63) is 48.4 Å². The van der Waals surface area contributed by atoms with E-state index in [1.54, 1.807) is 0 Å². The summed E-state index contributed by atoms with van der Waals surface area (Å²) in [6.07, 6.45) is 1.52. The van der Waals surface area contributed by atoms with Crippen molar-refractivity contribution >= 4 is 17.4 Å². The minimum absolute atomic E-state index is 0.0160. The molecule has 0 N–H and O–H groups in total. The quantitative estimate of drug-likeness (QED) is 0.803. The number of carbonyl (C=O) groups excluding carboxylic acids is 1. The number of aromatic nitrogens is 2. The fourth-order valence-electron chi connectivity index (χ4n) is 3.90. The maximum atomic E-state index is 12.9. The van der Waals surface area contributed by atoms with Gasteiger partial charge in [-0.25, -0.2) is 9.97 Å². The van der Waals surface area contributed by atoms with Crippen molar-refractivity contribution in [3.8, 4) is 0 Å². The lowest BCUT2D eigenvalue weighted by Gasteiger charge is -2.37. The lowest BCUT2D eigenvalue weighted by Crippen LogP contribution is -2.49. The highest BCUT2D eigenvalue weighted by Crippen LogP contribution is 2.19. The molecule has 2 saturated heterocycles. The van der Waals surface area contributed by atoms with Crippen molar-refractivity contribution < 1.29 is 4.79 Å². The Morgan fingerprint density at radius 1 is 0.893 bits per heavy atom. The summed E-state index contributed by atoms with van der Waals surface area (Å²) < 4.78 is 0. The third-order valence-electron chi connectivity index (χ3n) is 5.70. The van der Waals surface area contributed by atoms with Gasteiger partial charge in [0, 0.05) is 64.1 Å². The molecule has 0 bridgehead atoms. The second kappa shape index (κ2) is 8.56. The van der Waals surface area contributed by atoms with E-state index in [1.165, 1.54) is 12.0 Å². The van der Waals surface area contributed by atoms with Gasteiger partial charge in [-0.15, -0.1) is 0 Å². The average molecular weight is 380 g/mol. The highest BCUT2D eigenvalue weighted by Gasteiger charge is 2.24. The SMILES string of the molecule is CCN1CCN(C(=O)c2cc(N3CCN(c4ccccc4)CC3)ncn2)CC1. The van der Waals surface area contributed by atoms with E-state index in [4.69, 9.17) is 0 Å². The number of amides is 1. The van der Waals surface area contributed by atoms with Crippen molar-refractivity contribution in [1.29, 1.82) is 0 Å². The van der Waals surface area contributed by atoms with Crippen LogP contribution in [0.2, 0.25) is 0 Å². The molecule has 0 radical (unpaired) electrons. The zero-order chi connectivity index (χ0) is 19.3. The van der Waals surface area contributed by atoms with E-state index < -0.39 is 0 Å². The fourth-order valence-corrected chi connectivity index (χ4v) is 3.90. The molecule has 148 valence electrons. The van der Waals surface area contributed by atoms with Crippen LogP contribution in [0, 0.1) is 0 Å². The molecule has 7 heteroatoms. The topological polar surface area (TPSA) is 55.8 Å². The van der Waals surface area contributed by atoms with Crippen LogP contribution in [0.1, 0.15) is 17.4 Å². The molecule has 1 amide bonds. The van der Waals surface area contributed by atoms with E-state index in [0.717, 1.165) is 64.7 Å². The van der Waals surface area contributed by atoms with Crippen LogP contribution in [-0.4, -0.2) is 84.6 Å². The largest absolute Gasteiger partial charge is 0.368 e. The zero-order valence-electron chi connectivity index (χ0n) is 16.5. The number of benzene rings is 1. The molecular formula is C21H28N6O. The summed E-state index contributed by atoms with van der Waals surface area (Å²) in [6, 6.07) is 12.3. The molecule has 0 spiro atoms. The minimum Gasteiger partial charge on any atom is -0.368 e. The molecule has 2 aliphatic rings. The molecule has 28 heavy (non-hydrogen) atoms. The van der Waals surface area contributed by atoms with Crippen LogP contribution in [0.4, 0.5) is 11.5 Å². The number of rotatable bonds is 4. The van der Waals surface area contributed by atoms with Gasteiger partial charge in [0.25, 0.3) is 5.91 Å². The van der Waals surface area contributed by atoms with Crippen LogP contribution in [0.3, 0.4) is 0 Å².